The number of nitrogens with two attached hydrogens (primary N) is 1. The zero-order valence-corrected chi connectivity index (χ0v) is 10.4. The van der Waals surface area contributed by atoms with Gasteiger partial charge in [0.05, 0.1) is 0 Å². The number of nitrogens with zero attached hydrogens (tertiary/aromatic N) is 2. The highest BCUT2D eigenvalue weighted by molar-refractivity contribution is 7.99. The molecule has 2 rings (SSSR count). The van der Waals surface area contributed by atoms with Crippen molar-refractivity contribution < 1.29 is 0 Å². The van der Waals surface area contributed by atoms with Gasteiger partial charge in [0.25, 0.3) is 0 Å². The largest absolute Gasteiger partial charge is 0.384 e. The Morgan fingerprint density at radius 3 is 3.06 bits per heavy atom. The van der Waals surface area contributed by atoms with Gasteiger partial charge in [0.2, 0.25) is 0 Å². The van der Waals surface area contributed by atoms with Crippen LogP contribution in [-0.4, -0.2) is 27.5 Å². The molecule has 0 spiro atoms. The van der Waals surface area contributed by atoms with Crippen LogP contribution in [0, 0.1) is 6.92 Å². The van der Waals surface area contributed by atoms with Crippen LogP contribution >= 0.6 is 11.8 Å². The molecule has 1 unspecified atom stereocenters. The maximum Gasteiger partial charge on any atom is 0.131 e. The molecule has 0 bridgehead atoms. The summed E-state index contributed by atoms with van der Waals surface area (Å²) in [5.74, 6) is 3.39. The highest BCUT2D eigenvalue weighted by Gasteiger charge is 2.13. The third-order valence-electron chi connectivity index (χ3n) is 2.64. The number of thioether (sulfide) groups is 1. The molecule has 3 N–H and O–H groups in total. The standard InChI is InChI=1S/C11H18N4S/c1-8-14-10(12)6-11(15-8)13-7-9-4-2-3-5-16-9/h6,9H,2-5,7H2,1H3,(H3,12,13,14,15). The molecule has 0 saturated carbocycles. The molecular weight excluding hydrogens is 220 g/mol. The molecule has 0 radical (unpaired) electrons. The quantitative estimate of drug-likeness (QED) is 0.844. The minimum atomic E-state index is 0.534. The SMILES string of the molecule is Cc1nc(N)cc(NCC2CCCCS2)n1. The van der Waals surface area contributed by atoms with E-state index in [0.29, 0.717) is 11.1 Å². The second kappa shape index (κ2) is 5.39. The summed E-state index contributed by atoms with van der Waals surface area (Å²) >= 11 is 2.05. The molecule has 1 fully saturated rings. The van der Waals surface area contributed by atoms with Crippen LogP contribution in [0.4, 0.5) is 11.6 Å². The van der Waals surface area contributed by atoms with Gasteiger partial charge < -0.3 is 11.1 Å². The Balaban J connectivity index is 1.88. The summed E-state index contributed by atoms with van der Waals surface area (Å²) in [5, 5.41) is 4.06. The molecule has 0 amide bonds. The van der Waals surface area contributed by atoms with E-state index in [2.05, 4.69) is 27.0 Å². The molecule has 1 saturated heterocycles. The predicted molar refractivity (Wildman–Crippen MR) is 69.8 cm³/mol. The predicted octanol–water partition coefficient (Wildman–Crippen LogP) is 2.06. The fraction of sp³-hybridized carbons (Fsp3) is 0.636. The number of hydrogen-bond donors (Lipinski definition) is 2. The molecule has 2 heterocycles. The van der Waals surface area contributed by atoms with Crippen molar-refractivity contribution in [2.75, 3.05) is 23.3 Å². The van der Waals surface area contributed by atoms with E-state index in [0.717, 1.165) is 18.2 Å². The average molecular weight is 238 g/mol. The number of rotatable bonds is 3. The van der Waals surface area contributed by atoms with E-state index in [9.17, 15) is 0 Å². The number of hydrogen-bond acceptors (Lipinski definition) is 5. The van der Waals surface area contributed by atoms with E-state index in [4.69, 9.17) is 5.73 Å². The van der Waals surface area contributed by atoms with Crippen LogP contribution in [0.1, 0.15) is 25.1 Å². The van der Waals surface area contributed by atoms with E-state index in [1.165, 1.54) is 25.0 Å². The lowest BCUT2D eigenvalue weighted by molar-refractivity contribution is 0.677. The van der Waals surface area contributed by atoms with E-state index < -0.39 is 0 Å². The van der Waals surface area contributed by atoms with E-state index in [1.807, 2.05) is 6.92 Å². The number of anilines is 2. The Kier molecular flexibility index (Phi) is 3.88. The molecule has 16 heavy (non-hydrogen) atoms. The van der Waals surface area contributed by atoms with Crippen molar-refractivity contribution >= 4 is 23.4 Å². The van der Waals surface area contributed by atoms with Gasteiger partial charge in [0.1, 0.15) is 17.5 Å². The van der Waals surface area contributed by atoms with Crippen molar-refractivity contribution in [2.24, 2.45) is 0 Å². The van der Waals surface area contributed by atoms with Crippen LogP contribution in [0.2, 0.25) is 0 Å². The van der Waals surface area contributed by atoms with Crippen molar-refractivity contribution in [3.8, 4) is 0 Å². The lowest BCUT2D eigenvalue weighted by Gasteiger charge is -2.21. The molecule has 0 aromatic carbocycles. The first-order valence-electron chi connectivity index (χ1n) is 5.70. The van der Waals surface area contributed by atoms with Gasteiger partial charge in [-0.15, -0.1) is 0 Å². The van der Waals surface area contributed by atoms with E-state index in [-0.39, 0.29) is 0 Å². The summed E-state index contributed by atoms with van der Waals surface area (Å²) in [5.41, 5.74) is 5.67. The lowest BCUT2D eigenvalue weighted by atomic mass is 10.2. The first-order chi connectivity index (χ1) is 7.74. The zero-order chi connectivity index (χ0) is 11.4. The van der Waals surface area contributed by atoms with Crippen LogP contribution < -0.4 is 11.1 Å². The maximum absolute atomic E-state index is 5.67. The zero-order valence-electron chi connectivity index (χ0n) is 9.57. The molecular formula is C11H18N4S. The van der Waals surface area contributed by atoms with Gasteiger partial charge in [-0.1, -0.05) is 6.42 Å². The summed E-state index contributed by atoms with van der Waals surface area (Å²) in [4.78, 5) is 8.36. The summed E-state index contributed by atoms with van der Waals surface area (Å²) in [6.07, 6.45) is 4.02. The summed E-state index contributed by atoms with van der Waals surface area (Å²) in [6.45, 7) is 2.83. The first-order valence-corrected chi connectivity index (χ1v) is 6.75. The number of nitrogen functional groups attached to an aromatic ring is 1. The second-order valence-corrected chi connectivity index (χ2v) is 5.50. The molecule has 0 aliphatic carbocycles. The van der Waals surface area contributed by atoms with Gasteiger partial charge in [-0.25, -0.2) is 9.97 Å². The van der Waals surface area contributed by atoms with Crippen LogP contribution in [0.25, 0.3) is 0 Å². The Labute approximate surface area is 100 Å². The van der Waals surface area contributed by atoms with Crippen molar-refractivity contribution in [1.29, 1.82) is 0 Å². The second-order valence-electron chi connectivity index (χ2n) is 4.09. The van der Waals surface area contributed by atoms with Gasteiger partial charge in [0.15, 0.2) is 0 Å². The van der Waals surface area contributed by atoms with Crippen molar-refractivity contribution in [3.63, 3.8) is 0 Å². The van der Waals surface area contributed by atoms with Crippen molar-refractivity contribution in [3.05, 3.63) is 11.9 Å². The molecule has 5 heteroatoms. The number of nitrogens with one attached hydrogen (secondary N) is 1. The molecule has 88 valence electrons. The molecule has 1 aromatic heterocycles. The van der Waals surface area contributed by atoms with Gasteiger partial charge in [-0.2, -0.15) is 11.8 Å². The number of aromatic nitrogens is 2. The Hall–Kier alpha value is -0.970. The number of aryl methyl sites for hydroxylation is 1. The minimum absolute atomic E-state index is 0.534. The molecule has 4 nitrogen and oxygen atoms in total. The highest BCUT2D eigenvalue weighted by Crippen LogP contribution is 2.25. The monoisotopic (exact) mass is 238 g/mol. The van der Waals surface area contributed by atoms with Crippen LogP contribution in [-0.2, 0) is 0 Å². The normalized spacial score (nSPS) is 20.7. The Bertz CT molecular complexity index is 330. The first kappa shape index (κ1) is 11.5. The third kappa shape index (κ3) is 3.27. The summed E-state index contributed by atoms with van der Waals surface area (Å²) in [7, 11) is 0. The Morgan fingerprint density at radius 1 is 1.50 bits per heavy atom. The van der Waals surface area contributed by atoms with Crippen molar-refractivity contribution in [2.45, 2.75) is 31.4 Å². The fourth-order valence-electron chi connectivity index (χ4n) is 1.87. The van der Waals surface area contributed by atoms with Crippen LogP contribution in [0.5, 0.6) is 0 Å². The smallest absolute Gasteiger partial charge is 0.131 e. The lowest BCUT2D eigenvalue weighted by Crippen LogP contribution is -2.20. The van der Waals surface area contributed by atoms with Gasteiger partial charge in [-0.3, -0.25) is 0 Å². The van der Waals surface area contributed by atoms with E-state index >= 15 is 0 Å². The summed E-state index contributed by atoms with van der Waals surface area (Å²) in [6, 6.07) is 1.79. The topological polar surface area (TPSA) is 63.8 Å². The van der Waals surface area contributed by atoms with Crippen LogP contribution in [0.3, 0.4) is 0 Å². The summed E-state index contributed by atoms with van der Waals surface area (Å²) < 4.78 is 0. The van der Waals surface area contributed by atoms with Gasteiger partial charge >= 0.3 is 0 Å². The van der Waals surface area contributed by atoms with Crippen LogP contribution in [0.15, 0.2) is 6.07 Å². The molecule has 1 aliphatic rings. The third-order valence-corrected chi connectivity index (χ3v) is 4.04. The van der Waals surface area contributed by atoms with Gasteiger partial charge in [-0.05, 0) is 25.5 Å². The minimum Gasteiger partial charge on any atom is -0.384 e. The highest BCUT2D eigenvalue weighted by atomic mass is 32.2. The molecule has 1 aromatic rings. The average Bonchev–Trinajstić information content (AvgIpc) is 2.27. The molecule has 1 atom stereocenters. The van der Waals surface area contributed by atoms with Crippen molar-refractivity contribution in [1.82, 2.24) is 9.97 Å². The Morgan fingerprint density at radius 2 is 2.38 bits per heavy atom. The van der Waals surface area contributed by atoms with Gasteiger partial charge in [0, 0.05) is 17.9 Å². The molecule has 1 aliphatic heterocycles. The van der Waals surface area contributed by atoms with E-state index in [1.54, 1.807) is 6.07 Å². The maximum atomic E-state index is 5.67. The fourth-order valence-corrected chi connectivity index (χ4v) is 3.11.